The van der Waals surface area contributed by atoms with Crippen molar-refractivity contribution in [2.45, 2.75) is 31.9 Å². The molecule has 3 aromatic rings. The minimum Gasteiger partial charge on any atom is -0.473 e. The second-order valence-electron chi connectivity index (χ2n) is 6.15. The van der Waals surface area contributed by atoms with Gasteiger partial charge in [-0.1, -0.05) is 0 Å². The number of rotatable bonds is 4. The van der Waals surface area contributed by atoms with Crippen molar-refractivity contribution in [2.75, 3.05) is 7.05 Å². The first-order valence-corrected chi connectivity index (χ1v) is 7.82. The lowest BCUT2D eigenvalue weighted by molar-refractivity contribution is 0.0852. The summed E-state index contributed by atoms with van der Waals surface area (Å²) in [6.45, 7) is 2.03. The van der Waals surface area contributed by atoms with Crippen LogP contribution < -0.4 is 10.1 Å². The Kier molecular flexibility index (Phi) is 3.30. The van der Waals surface area contributed by atoms with Crippen LogP contribution in [0, 0.1) is 6.92 Å². The van der Waals surface area contributed by atoms with Crippen molar-refractivity contribution < 1.29 is 4.74 Å². The number of hydrogen-bond acceptors (Lipinski definition) is 5. The Morgan fingerprint density at radius 1 is 1.22 bits per heavy atom. The molecule has 1 fully saturated rings. The third-order valence-corrected chi connectivity index (χ3v) is 4.43. The first kappa shape index (κ1) is 14.2. The van der Waals surface area contributed by atoms with Gasteiger partial charge < -0.3 is 10.1 Å². The molecule has 7 heteroatoms. The molecule has 120 valence electrons. The number of nitrogens with one attached hydrogen (secondary N) is 1. The van der Waals surface area contributed by atoms with Crippen molar-refractivity contribution in [3.8, 4) is 17.1 Å². The highest BCUT2D eigenvalue weighted by molar-refractivity contribution is 5.66. The van der Waals surface area contributed by atoms with E-state index in [0.717, 1.165) is 35.2 Å². The summed E-state index contributed by atoms with van der Waals surface area (Å²) in [6, 6.07) is 0.545. The lowest BCUT2D eigenvalue weighted by Crippen LogP contribution is -2.45. The van der Waals surface area contributed by atoms with Crippen LogP contribution >= 0.6 is 0 Å². The van der Waals surface area contributed by atoms with Crippen molar-refractivity contribution in [1.82, 2.24) is 29.7 Å². The van der Waals surface area contributed by atoms with Crippen LogP contribution in [0.25, 0.3) is 16.8 Å². The molecule has 0 atom stereocenters. The van der Waals surface area contributed by atoms with E-state index in [1.54, 1.807) is 10.9 Å². The number of fused-ring (bicyclic) bond motifs is 1. The first-order chi connectivity index (χ1) is 11.1. The highest BCUT2D eigenvalue weighted by Crippen LogP contribution is 2.30. The molecule has 1 aliphatic carbocycles. The molecule has 0 bridgehead atoms. The summed E-state index contributed by atoms with van der Waals surface area (Å²) in [5.41, 5.74) is 3.77. The Hall–Kier alpha value is -2.41. The number of hydrogen-bond donors (Lipinski definition) is 1. The summed E-state index contributed by atoms with van der Waals surface area (Å²) in [5, 5.41) is 11.9. The van der Waals surface area contributed by atoms with Crippen LogP contribution in [0.1, 0.15) is 18.4 Å². The van der Waals surface area contributed by atoms with Gasteiger partial charge in [0.05, 0.1) is 24.3 Å². The molecule has 0 amide bonds. The average Bonchev–Trinajstić information content (AvgIpc) is 3.09. The normalized spacial score (nSPS) is 20.7. The maximum absolute atomic E-state index is 6.16. The zero-order chi connectivity index (χ0) is 16.0. The molecule has 0 aromatic carbocycles. The molecule has 7 nitrogen and oxygen atoms in total. The SMILES string of the molecule is CNC1CC(Oc2nc(-c3cnn(C)c3)cn3ncc(C)c23)C1. The summed E-state index contributed by atoms with van der Waals surface area (Å²) in [5.74, 6) is 0.654. The van der Waals surface area contributed by atoms with E-state index < -0.39 is 0 Å². The van der Waals surface area contributed by atoms with Crippen LogP contribution in [0.4, 0.5) is 0 Å². The zero-order valence-corrected chi connectivity index (χ0v) is 13.5. The van der Waals surface area contributed by atoms with E-state index in [-0.39, 0.29) is 6.10 Å². The molecule has 0 aliphatic heterocycles. The van der Waals surface area contributed by atoms with Crippen molar-refractivity contribution in [1.29, 1.82) is 0 Å². The van der Waals surface area contributed by atoms with Crippen LogP contribution in [0.2, 0.25) is 0 Å². The molecule has 4 rings (SSSR count). The van der Waals surface area contributed by atoms with Gasteiger partial charge in [-0.15, -0.1) is 0 Å². The molecular weight excluding hydrogens is 292 g/mol. The smallest absolute Gasteiger partial charge is 0.241 e. The summed E-state index contributed by atoms with van der Waals surface area (Å²) in [4.78, 5) is 4.73. The second kappa shape index (κ2) is 5.34. The van der Waals surface area contributed by atoms with E-state index >= 15 is 0 Å². The molecule has 23 heavy (non-hydrogen) atoms. The van der Waals surface area contributed by atoms with Gasteiger partial charge in [-0.05, 0) is 26.8 Å². The number of aromatic nitrogens is 5. The highest BCUT2D eigenvalue weighted by Gasteiger charge is 2.30. The van der Waals surface area contributed by atoms with E-state index in [4.69, 9.17) is 9.72 Å². The van der Waals surface area contributed by atoms with Gasteiger partial charge in [0.1, 0.15) is 11.6 Å². The predicted octanol–water partition coefficient (Wildman–Crippen LogP) is 1.57. The quantitative estimate of drug-likeness (QED) is 0.792. The number of ether oxygens (including phenoxy) is 1. The van der Waals surface area contributed by atoms with Crippen LogP contribution in [0.5, 0.6) is 5.88 Å². The summed E-state index contributed by atoms with van der Waals surface area (Å²) in [7, 11) is 3.88. The fourth-order valence-corrected chi connectivity index (χ4v) is 2.95. The Morgan fingerprint density at radius 3 is 2.74 bits per heavy atom. The molecule has 0 saturated heterocycles. The van der Waals surface area contributed by atoms with Gasteiger partial charge in [0.25, 0.3) is 0 Å². The minimum atomic E-state index is 0.210. The standard InChI is InChI=1S/C16H20N6O/c1-10-6-19-22-9-14(11-7-18-21(3)8-11)20-16(15(10)22)23-13-4-12(5-13)17-2/h6-9,12-13,17H,4-5H2,1-3H3. The fraction of sp³-hybridized carbons (Fsp3) is 0.438. The van der Waals surface area contributed by atoms with Gasteiger partial charge in [-0.2, -0.15) is 10.2 Å². The topological polar surface area (TPSA) is 69.3 Å². The molecule has 1 N–H and O–H groups in total. The maximum atomic E-state index is 6.16. The third-order valence-electron chi connectivity index (χ3n) is 4.43. The van der Waals surface area contributed by atoms with Gasteiger partial charge in [0, 0.05) is 30.4 Å². The van der Waals surface area contributed by atoms with Crippen LogP contribution in [-0.4, -0.2) is 43.6 Å². The van der Waals surface area contributed by atoms with E-state index in [1.807, 2.05) is 44.1 Å². The molecule has 0 unspecified atom stereocenters. The summed E-state index contributed by atoms with van der Waals surface area (Å²) in [6.07, 6.45) is 9.73. The molecule has 3 heterocycles. The Bertz CT molecular complexity index is 845. The van der Waals surface area contributed by atoms with Crippen molar-refractivity contribution in [3.63, 3.8) is 0 Å². The van der Waals surface area contributed by atoms with Gasteiger partial charge in [0.2, 0.25) is 5.88 Å². The molecule has 0 spiro atoms. The second-order valence-corrected chi connectivity index (χ2v) is 6.15. The van der Waals surface area contributed by atoms with Crippen LogP contribution in [0.15, 0.2) is 24.8 Å². The zero-order valence-electron chi connectivity index (χ0n) is 13.5. The Morgan fingerprint density at radius 2 is 2.04 bits per heavy atom. The molecular formula is C16H20N6O. The monoisotopic (exact) mass is 312 g/mol. The van der Waals surface area contributed by atoms with Crippen LogP contribution in [-0.2, 0) is 7.05 Å². The Balaban J connectivity index is 1.73. The molecule has 3 aromatic heterocycles. The summed E-state index contributed by atoms with van der Waals surface area (Å²) >= 11 is 0. The molecule has 1 saturated carbocycles. The average molecular weight is 312 g/mol. The van der Waals surface area contributed by atoms with E-state index in [9.17, 15) is 0 Å². The summed E-state index contributed by atoms with van der Waals surface area (Å²) < 4.78 is 9.77. The van der Waals surface area contributed by atoms with Gasteiger partial charge in [-0.3, -0.25) is 4.68 Å². The van der Waals surface area contributed by atoms with Gasteiger partial charge in [0.15, 0.2) is 0 Å². The number of aryl methyl sites for hydroxylation is 2. The largest absolute Gasteiger partial charge is 0.473 e. The highest BCUT2D eigenvalue weighted by atomic mass is 16.5. The maximum Gasteiger partial charge on any atom is 0.241 e. The Labute approximate surface area is 134 Å². The van der Waals surface area contributed by atoms with Crippen LogP contribution in [0.3, 0.4) is 0 Å². The first-order valence-electron chi connectivity index (χ1n) is 7.82. The number of nitrogens with zero attached hydrogens (tertiary/aromatic N) is 5. The molecule has 1 aliphatic rings. The molecule has 0 radical (unpaired) electrons. The van der Waals surface area contributed by atoms with Crippen molar-refractivity contribution in [3.05, 3.63) is 30.4 Å². The van der Waals surface area contributed by atoms with E-state index in [0.29, 0.717) is 11.9 Å². The van der Waals surface area contributed by atoms with E-state index in [2.05, 4.69) is 15.5 Å². The lowest BCUT2D eigenvalue weighted by Gasteiger charge is -2.34. The third kappa shape index (κ3) is 2.46. The van der Waals surface area contributed by atoms with Gasteiger partial charge >= 0.3 is 0 Å². The van der Waals surface area contributed by atoms with Crippen molar-refractivity contribution >= 4 is 5.52 Å². The lowest BCUT2D eigenvalue weighted by atomic mass is 9.89. The fourth-order valence-electron chi connectivity index (χ4n) is 2.95. The predicted molar refractivity (Wildman–Crippen MR) is 86.4 cm³/mol. The van der Waals surface area contributed by atoms with E-state index in [1.165, 1.54) is 0 Å². The minimum absolute atomic E-state index is 0.210. The van der Waals surface area contributed by atoms with Crippen molar-refractivity contribution in [2.24, 2.45) is 7.05 Å². The van der Waals surface area contributed by atoms with Gasteiger partial charge in [-0.25, -0.2) is 9.50 Å².